The predicted octanol–water partition coefficient (Wildman–Crippen LogP) is 2.63. The van der Waals surface area contributed by atoms with Crippen molar-refractivity contribution in [1.29, 1.82) is 0 Å². The van der Waals surface area contributed by atoms with Gasteiger partial charge >= 0.3 is 0 Å². The molecule has 17 heavy (non-hydrogen) atoms. The number of fused-ring (bicyclic) bond motifs is 1. The van der Waals surface area contributed by atoms with Crippen molar-refractivity contribution in [1.82, 2.24) is 5.48 Å². The molecule has 1 aromatic carbocycles. The number of hydroxylamine groups is 1. The van der Waals surface area contributed by atoms with Crippen LogP contribution in [0.3, 0.4) is 0 Å². The summed E-state index contributed by atoms with van der Waals surface area (Å²) in [7, 11) is 0. The van der Waals surface area contributed by atoms with Gasteiger partial charge in [-0.3, -0.25) is 4.84 Å². The molecule has 1 N–H and O–H groups in total. The minimum absolute atomic E-state index is 0.424. The van der Waals surface area contributed by atoms with Crippen molar-refractivity contribution in [2.75, 3.05) is 13.2 Å². The maximum atomic E-state index is 5.67. The van der Waals surface area contributed by atoms with Crippen LogP contribution in [-0.2, 0) is 4.84 Å². The van der Waals surface area contributed by atoms with Crippen LogP contribution in [0.4, 0.5) is 0 Å². The lowest BCUT2D eigenvalue weighted by atomic mass is 10.0. The molecule has 3 heteroatoms. The molecule has 1 aliphatic carbocycles. The fourth-order valence-electron chi connectivity index (χ4n) is 2.67. The van der Waals surface area contributed by atoms with Crippen LogP contribution in [0, 0.1) is 0 Å². The molecule has 1 aromatic rings. The Morgan fingerprint density at radius 2 is 2.06 bits per heavy atom. The lowest BCUT2D eigenvalue weighted by Gasteiger charge is -2.14. The summed E-state index contributed by atoms with van der Waals surface area (Å²) in [6.07, 6.45) is 5.44. The zero-order valence-electron chi connectivity index (χ0n) is 10.0. The van der Waals surface area contributed by atoms with Crippen molar-refractivity contribution < 1.29 is 9.57 Å². The van der Waals surface area contributed by atoms with Gasteiger partial charge in [0.05, 0.1) is 12.7 Å². The molecule has 2 aliphatic rings. The van der Waals surface area contributed by atoms with E-state index in [1.807, 2.05) is 12.1 Å². The molecule has 3 rings (SSSR count). The van der Waals surface area contributed by atoms with Crippen LogP contribution in [0.2, 0.25) is 0 Å². The van der Waals surface area contributed by atoms with Crippen LogP contribution < -0.4 is 10.2 Å². The fraction of sp³-hybridized carbons (Fsp3) is 0.571. The Hall–Kier alpha value is -1.06. The number of para-hydroxylation sites is 1. The summed E-state index contributed by atoms with van der Waals surface area (Å²) >= 11 is 0. The molecule has 0 bridgehead atoms. The van der Waals surface area contributed by atoms with Gasteiger partial charge in [-0.25, -0.2) is 5.48 Å². The van der Waals surface area contributed by atoms with Gasteiger partial charge in [0.15, 0.2) is 0 Å². The van der Waals surface area contributed by atoms with Crippen LogP contribution in [0.25, 0.3) is 0 Å². The number of ether oxygens (including phenoxy) is 1. The summed E-state index contributed by atoms with van der Waals surface area (Å²) in [5, 5.41) is 0. The van der Waals surface area contributed by atoms with Crippen molar-refractivity contribution >= 4 is 0 Å². The van der Waals surface area contributed by atoms with E-state index in [1.165, 1.54) is 31.2 Å². The SMILES string of the molecule is c1ccc2c(c1)OCC2CNOC1CCCC1. The third-order valence-corrected chi connectivity index (χ3v) is 3.68. The van der Waals surface area contributed by atoms with Gasteiger partial charge < -0.3 is 4.74 Å². The number of benzene rings is 1. The van der Waals surface area contributed by atoms with Gasteiger partial charge in [-0.2, -0.15) is 0 Å². The topological polar surface area (TPSA) is 30.5 Å². The van der Waals surface area contributed by atoms with E-state index in [-0.39, 0.29) is 0 Å². The monoisotopic (exact) mass is 233 g/mol. The van der Waals surface area contributed by atoms with Gasteiger partial charge in [0.25, 0.3) is 0 Å². The standard InChI is InChI=1S/C14H19NO2/c1-2-6-12(5-1)17-15-9-11-10-16-14-8-4-3-7-13(11)14/h3-4,7-8,11-12,15H,1-2,5-6,9-10H2. The maximum Gasteiger partial charge on any atom is 0.122 e. The largest absolute Gasteiger partial charge is 0.493 e. The second-order valence-electron chi connectivity index (χ2n) is 4.92. The molecule has 0 radical (unpaired) electrons. The van der Waals surface area contributed by atoms with Gasteiger partial charge in [-0.05, 0) is 18.9 Å². The Morgan fingerprint density at radius 3 is 2.94 bits per heavy atom. The molecule has 0 amide bonds. The van der Waals surface area contributed by atoms with Crippen molar-refractivity contribution in [3.05, 3.63) is 29.8 Å². The first-order chi connectivity index (χ1) is 8.43. The Balaban J connectivity index is 1.50. The van der Waals surface area contributed by atoms with Gasteiger partial charge in [0.1, 0.15) is 5.75 Å². The Kier molecular flexibility index (Phi) is 3.29. The summed E-state index contributed by atoms with van der Waals surface area (Å²) in [6, 6.07) is 8.26. The first kappa shape index (κ1) is 11.1. The molecule has 0 saturated heterocycles. The molecular weight excluding hydrogens is 214 g/mol. The van der Waals surface area contributed by atoms with Crippen molar-refractivity contribution in [2.45, 2.75) is 37.7 Å². The molecule has 3 nitrogen and oxygen atoms in total. The van der Waals surface area contributed by atoms with E-state index in [1.54, 1.807) is 0 Å². The van der Waals surface area contributed by atoms with E-state index in [0.29, 0.717) is 12.0 Å². The molecular formula is C14H19NO2. The highest BCUT2D eigenvalue weighted by Crippen LogP contribution is 2.32. The molecule has 0 spiro atoms. The van der Waals surface area contributed by atoms with Gasteiger partial charge in [-0.15, -0.1) is 0 Å². The molecule has 1 unspecified atom stereocenters. The molecule has 1 fully saturated rings. The first-order valence-corrected chi connectivity index (χ1v) is 6.54. The third kappa shape index (κ3) is 2.45. The Labute approximate surface area is 102 Å². The second kappa shape index (κ2) is 5.07. The summed E-state index contributed by atoms with van der Waals surface area (Å²) in [5.74, 6) is 1.45. The zero-order chi connectivity index (χ0) is 11.5. The normalized spacial score (nSPS) is 23.6. The van der Waals surface area contributed by atoms with Gasteiger partial charge in [-0.1, -0.05) is 31.0 Å². The smallest absolute Gasteiger partial charge is 0.122 e. The quantitative estimate of drug-likeness (QED) is 0.811. The first-order valence-electron chi connectivity index (χ1n) is 6.54. The van der Waals surface area contributed by atoms with Crippen LogP contribution in [0.1, 0.15) is 37.2 Å². The highest BCUT2D eigenvalue weighted by molar-refractivity contribution is 5.39. The van der Waals surface area contributed by atoms with Gasteiger partial charge in [0, 0.05) is 18.0 Å². The summed E-state index contributed by atoms with van der Waals surface area (Å²) in [6.45, 7) is 1.61. The minimum atomic E-state index is 0.424. The summed E-state index contributed by atoms with van der Waals surface area (Å²) in [4.78, 5) is 5.67. The van der Waals surface area contributed by atoms with Crippen LogP contribution >= 0.6 is 0 Å². The van der Waals surface area contributed by atoms with Crippen molar-refractivity contribution in [2.24, 2.45) is 0 Å². The number of nitrogens with one attached hydrogen (secondary N) is 1. The molecule has 1 heterocycles. The predicted molar refractivity (Wildman–Crippen MR) is 66.0 cm³/mol. The summed E-state index contributed by atoms with van der Waals surface area (Å²) < 4.78 is 5.64. The number of rotatable bonds is 4. The van der Waals surface area contributed by atoms with Crippen LogP contribution in [0.5, 0.6) is 5.75 Å². The van der Waals surface area contributed by atoms with E-state index in [0.717, 1.165) is 18.9 Å². The third-order valence-electron chi connectivity index (χ3n) is 3.68. The Morgan fingerprint density at radius 1 is 1.24 bits per heavy atom. The van der Waals surface area contributed by atoms with Gasteiger partial charge in [0.2, 0.25) is 0 Å². The average Bonchev–Trinajstić information content (AvgIpc) is 2.99. The molecule has 92 valence electrons. The van der Waals surface area contributed by atoms with E-state index in [9.17, 15) is 0 Å². The lowest BCUT2D eigenvalue weighted by Crippen LogP contribution is -2.27. The number of hydrogen-bond donors (Lipinski definition) is 1. The molecule has 0 aromatic heterocycles. The van der Waals surface area contributed by atoms with Crippen molar-refractivity contribution in [3.8, 4) is 5.75 Å². The second-order valence-corrected chi connectivity index (χ2v) is 4.92. The molecule has 1 atom stereocenters. The fourth-order valence-corrected chi connectivity index (χ4v) is 2.67. The number of hydrogen-bond acceptors (Lipinski definition) is 3. The zero-order valence-corrected chi connectivity index (χ0v) is 10.0. The summed E-state index contributed by atoms with van der Waals surface area (Å²) in [5.41, 5.74) is 4.43. The van der Waals surface area contributed by atoms with Crippen LogP contribution in [-0.4, -0.2) is 19.3 Å². The van der Waals surface area contributed by atoms with Crippen LogP contribution in [0.15, 0.2) is 24.3 Å². The highest BCUT2D eigenvalue weighted by atomic mass is 16.7. The van der Waals surface area contributed by atoms with E-state index >= 15 is 0 Å². The Bertz CT molecular complexity index is 374. The lowest BCUT2D eigenvalue weighted by molar-refractivity contribution is -0.0235. The minimum Gasteiger partial charge on any atom is -0.493 e. The van der Waals surface area contributed by atoms with Crippen molar-refractivity contribution in [3.63, 3.8) is 0 Å². The average molecular weight is 233 g/mol. The molecule has 1 aliphatic heterocycles. The van der Waals surface area contributed by atoms with E-state index in [4.69, 9.17) is 9.57 Å². The maximum absolute atomic E-state index is 5.67. The van der Waals surface area contributed by atoms with E-state index in [2.05, 4.69) is 17.6 Å². The van der Waals surface area contributed by atoms with E-state index < -0.39 is 0 Å². The molecule has 1 saturated carbocycles. The highest BCUT2D eigenvalue weighted by Gasteiger charge is 2.24.